The van der Waals surface area contributed by atoms with Crippen molar-refractivity contribution in [2.24, 2.45) is 0 Å². The second-order valence-electron chi connectivity index (χ2n) is 5.84. The first kappa shape index (κ1) is 14.0. The number of nitrogens with zero attached hydrogens (tertiary/aromatic N) is 1. The summed E-state index contributed by atoms with van der Waals surface area (Å²) in [4.78, 5) is 4.45. The average molecular weight is 259 g/mol. The Morgan fingerprint density at radius 3 is 2.63 bits per heavy atom. The standard InChI is InChI=1S/C16H21NO2/c1-11-5-6-12-9-13(7-8-14(12)17-11)15(18)10-19-16(2,3)4/h5-9,15,18H,10H2,1-4H3. The van der Waals surface area contributed by atoms with Crippen LogP contribution in [0.5, 0.6) is 0 Å². The molecule has 0 fully saturated rings. The van der Waals surface area contributed by atoms with Gasteiger partial charge < -0.3 is 9.84 Å². The predicted octanol–water partition coefficient (Wildman–Crippen LogP) is 3.39. The minimum absolute atomic E-state index is 0.240. The number of fused-ring (bicyclic) bond motifs is 1. The molecule has 1 aromatic heterocycles. The van der Waals surface area contributed by atoms with Gasteiger partial charge in [-0.2, -0.15) is 0 Å². The predicted molar refractivity (Wildman–Crippen MR) is 77.1 cm³/mol. The Hall–Kier alpha value is -1.45. The summed E-state index contributed by atoms with van der Waals surface area (Å²) in [5.41, 5.74) is 2.57. The molecule has 1 N–H and O–H groups in total. The van der Waals surface area contributed by atoms with Crippen LogP contribution >= 0.6 is 0 Å². The minimum atomic E-state index is -0.607. The normalized spacial score (nSPS) is 13.7. The largest absolute Gasteiger partial charge is 0.386 e. The van der Waals surface area contributed by atoms with E-state index in [1.807, 2.05) is 58.0 Å². The second-order valence-corrected chi connectivity index (χ2v) is 5.84. The fourth-order valence-corrected chi connectivity index (χ4v) is 1.88. The van der Waals surface area contributed by atoms with Gasteiger partial charge in [0.25, 0.3) is 0 Å². The average Bonchev–Trinajstić information content (AvgIpc) is 2.34. The van der Waals surface area contributed by atoms with Crippen LogP contribution in [0, 0.1) is 6.92 Å². The molecule has 19 heavy (non-hydrogen) atoms. The van der Waals surface area contributed by atoms with Crippen molar-refractivity contribution in [1.82, 2.24) is 4.98 Å². The van der Waals surface area contributed by atoms with Crippen molar-refractivity contribution in [2.45, 2.75) is 39.4 Å². The number of aryl methyl sites for hydroxylation is 1. The Labute approximate surface area is 114 Å². The van der Waals surface area contributed by atoms with Gasteiger partial charge in [0.2, 0.25) is 0 Å². The molecule has 1 unspecified atom stereocenters. The van der Waals surface area contributed by atoms with Gasteiger partial charge in [0, 0.05) is 11.1 Å². The van der Waals surface area contributed by atoms with Gasteiger partial charge >= 0.3 is 0 Å². The second kappa shape index (κ2) is 5.27. The van der Waals surface area contributed by atoms with E-state index in [0.29, 0.717) is 6.61 Å². The van der Waals surface area contributed by atoms with Crippen LogP contribution in [-0.4, -0.2) is 22.3 Å². The van der Waals surface area contributed by atoms with Crippen LogP contribution in [-0.2, 0) is 4.74 Å². The van der Waals surface area contributed by atoms with Crippen molar-refractivity contribution in [1.29, 1.82) is 0 Å². The molecule has 3 nitrogen and oxygen atoms in total. The zero-order valence-electron chi connectivity index (χ0n) is 12.0. The number of ether oxygens (including phenoxy) is 1. The topological polar surface area (TPSA) is 42.4 Å². The van der Waals surface area contributed by atoms with E-state index in [1.165, 1.54) is 0 Å². The first-order valence-electron chi connectivity index (χ1n) is 6.54. The van der Waals surface area contributed by atoms with Gasteiger partial charge in [-0.1, -0.05) is 12.1 Å². The van der Waals surface area contributed by atoms with Crippen molar-refractivity contribution in [3.05, 3.63) is 41.6 Å². The Morgan fingerprint density at radius 1 is 1.21 bits per heavy atom. The number of benzene rings is 1. The molecule has 0 amide bonds. The van der Waals surface area contributed by atoms with E-state index in [0.717, 1.165) is 22.2 Å². The van der Waals surface area contributed by atoms with Gasteiger partial charge in [0.1, 0.15) is 6.10 Å². The zero-order valence-corrected chi connectivity index (χ0v) is 12.0. The number of pyridine rings is 1. The maximum absolute atomic E-state index is 10.2. The lowest BCUT2D eigenvalue weighted by Crippen LogP contribution is -2.22. The molecule has 2 rings (SSSR count). The first-order chi connectivity index (χ1) is 8.85. The van der Waals surface area contributed by atoms with Gasteiger partial charge in [0.05, 0.1) is 17.7 Å². The molecule has 102 valence electrons. The van der Waals surface area contributed by atoms with Crippen molar-refractivity contribution in [3.63, 3.8) is 0 Å². The van der Waals surface area contributed by atoms with E-state index in [-0.39, 0.29) is 5.60 Å². The molecule has 0 saturated carbocycles. The highest BCUT2D eigenvalue weighted by Crippen LogP contribution is 2.21. The molecule has 0 spiro atoms. The molecular weight excluding hydrogens is 238 g/mol. The number of aliphatic hydroxyl groups is 1. The number of aliphatic hydroxyl groups excluding tert-OH is 1. The van der Waals surface area contributed by atoms with Crippen LogP contribution in [0.25, 0.3) is 10.9 Å². The number of aromatic nitrogens is 1. The summed E-state index contributed by atoms with van der Waals surface area (Å²) >= 11 is 0. The Balaban J connectivity index is 2.18. The highest BCUT2D eigenvalue weighted by Gasteiger charge is 2.15. The molecule has 2 aromatic rings. The lowest BCUT2D eigenvalue weighted by molar-refractivity contribution is -0.0495. The summed E-state index contributed by atoms with van der Waals surface area (Å²) < 4.78 is 5.61. The van der Waals surface area contributed by atoms with Gasteiger partial charge in [-0.05, 0) is 51.5 Å². The van der Waals surface area contributed by atoms with Crippen molar-refractivity contribution >= 4 is 10.9 Å². The Morgan fingerprint density at radius 2 is 1.95 bits per heavy atom. The molecule has 0 aliphatic rings. The van der Waals surface area contributed by atoms with E-state index in [9.17, 15) is 5.11 Å². The number of rotatable bonds is 3. The van der Waals surface area contributed by atoms with E-state index in [1.54, 1.807) is 0 Å². The van der Waals surface area contributed by atoms with Gasteiger partial charge in [-0.25, -0.2) is 0 Å². The number of hydrogen-bond acceptors (Lipinski definition) is 3. The third-order valence-corrected chi connectivity index (χ3v) is 2.91. The molecule has 0 aliphatic heterocycles. The van der Waals surface area contributed by atoms with E-state index < -0.39 is 6.10 Å². The Bertz CT molecular complexity index is 572. The Kier molecular flexibility index (Phi) is 3.88. The van der Waals surface area contributed by atoms with Crippen LogP contribution in [0.1, 0.15) is 38.1 Å². The monoisotopic (exact) mass is 259 g/mol. The first-order valence-corrected chi connectivity index (χ1v) is 6.54. The number of hydrogen-bond donors (Lipinski definition) is 1. The van der Waals surface area contributed by atoms with Crippen LogP contribution in [0.3, 0.4) is 0 Å². The summed E-state index contributed by atoms with van der Waals surface area (Å²) in [6.07, 6.45) is -0.607. The van der Waals surface area contributed by atoms with Crippen LogP contribution in [0.4, 0.5) is 0 Å². The smallest absolute Gasteiger partial charge is 0.102 e. The fourth-order valence-electron chi connectivity index (χ4n) is 1.88. The van der Waals surface area contributed by atoms with Crippen LogP contribution < -0.4 is 0 Å². The molecule has 1 heterocycles. The maximum atomic E-state index is 10.2. The van der Waals surface area contributed by atoms with Gasteiger partial charge in [-0.15, -0.1) is 0 Å². The molecular formula is C16H21NO2. The van der Waals surface area contributed by atoms with Gasteiger partial charge in [-0.3, -0.25) is 4.98 Å². The summed E-state index contributed by atoms with van der Waals surface area (Å²) in [5.74, 6) is 0. The van der Waals surface area contributed by atoms with Crippen LogP contribution in [0.2, 0.25) is 0 Å². The van der Waals surface area contributed by atoms with Crippen LogP contribution in [0.15, 0.2) is 30.3 Å². The third kappa shape index (κ3) is 3.75. The molecule has 0 bridgehead atoms. The van der Waals surface area contributed by atoms with E-state index in [2.05, 4.69) is 4.98 Å². The summed E-state index contributed by atoms with van der Waals surface area (Å²) in [7, 11) is 0. The molecule has 1 aromatic carbocycles. The molecule has 3 heteroatoms. The summed E-state index contributed by atoms with van der Waals surface area (Å²) in [6, 6.07) is 9.82. The maximum Gasteiger partial charge on any atom is 0.102 e. The molecule has 0 saturated heterocycles. The summed E-state index contributed by atoms with van der Waals surface area (Å²) in [6.45, 7) is 8.21. The van der Waals surface area contributed by atoms with Crippen molar-refractivity contribution < 1.29 is 9.84 Å². The third-order valence-electron chi connectivity index (χ3n) is 2.91. The minimum Gasteiger partial charge on any atom is -0.386 e. The highest BCUT2D eigenvalue weighted by atomic mass is 16.5. The lowest BCUT2D eigenvalue weighted by Gasteiger charge is -2.22. The van der Waals surface area contributed by atoms with E-state index in [4.69, 9.17) is 4.74 Å². The zero-order chi connectivity index (χ0) is 14.0. The summed E-state index contributed by atoms with van der Waals surface area (Å²) in [5, 5.41) is 11.2. The van der Waals surface area contributed by atoms with Crippen molar-refractivity contribution in [3.8, 4) is 0 Å². The fraction of sp³-hybridized carbons (Fsp3) is 0.438. The highest BCUT2D eigenvalue weighted by molar-refractivity contribution is 5.79. The quantitative estimate of drug-likeness (QED) is 0.918. The van der Waals surface area contributed by atoms with Gasteiger partial charge in [0.15, 0.2) is 0 Å². The lowest BCUT2D eigenvalue weighted by atomic mass is 10.1. The molecule has 0 aliphatic carbocycles. The molecule has 1 atom stereocenters. The SMILES string of the molecule is Cc1ccc2cc(C(O)COC(C)(C)C)ccc2n1. The molecule has 0 radical (unpaired) electrons. The van der Waals surface area contributed by atoms with E-state index >= 15 is 0 Å². The van der Waals surface area contributed by atoms with Crippen molar-refractivity contribution in [2.75, 3.05) is 6.61 Å².